The maximum Gasteiger partial charge on any atom is 0.254 e. The minimum Gasteiger partial charge on any atom is -0.339 e. The summed E-state index contributed by atoms with van der Waals surface area (Å²) in [5.74, 6) is 0.516. The summed E-state index contributed by atoms with van der Waals surface area (Å²) in [7, 11) is 0. The van der Waals surface area contributed by atoms with Gasteiger partial charge in [-0.3, -0.25) is 9.59 Å². The first-order valence-electron chi connectivity index (χ1n) is 12.7. The van der Waals surface area contributed by atoms with Gasteiger partial charge in [0.05, 0.1) is 17.4 Å². The van der Waals surface area contributed by atoms with Crippen molar-refractivity contribution in [3.05, 3.63) is 78.4 Å². The number of rotatable bonds is 3. The molecule has 0 radical (unpaired) electrons. The van der Waals surface area contributed by atoms with Crippen LogP contribution in [0.25, 0.3) is 11.0 Å². The highest BCUT2D eigenvalue weighted by atomic mass is 16.2. The SMILES string of the molecule is CCn1cnc2cc(C(=O)N3CCN(c4ncccn4)CCCN(C(C)=O)c4ccccc4C3)ccc21. The molecule has 0 aliphatic carbocycles. The zero-order valence-corrected chi connectivity index (χ0v) is 21.2. The summed E-state index contributed by atoms with van der Waals surface area (Å²) in [5, 5.41) is 0. The number of carbonyl (C=O) groups is 2. The largest absolute Gasteiger partial charge is 0.339 e. The molecule has 1 aliphatic rings. The number of aromatic nitrogens is 4. The Labute approximate surface area is 216 Å². The third-order valence-corrected chi connectivity index (χ3v) is 6.80. The van der Waals surface area contributed by atoms with E-state index in [1.807, 2.05) is 47.4 Å². The van der Waals surface area contributed by atoms with Crippen LogP contribution >= 0.6 is 0 Å². The number of amides is 2. The summed E-state index contributed by atoms with van der Waals surface area (Å²) in [5.41, 5.74) is 4.17. The van der Waals surface area contributed by atoms with E-state index >= 15 is 0 Å². The van der Waals surface area contributed by atoms with E-state index in [-0.39, 0.29) is 11.8 Å². The van der Waals surface area contributed by atoms with Crippen molar-refractivity contribution in [2.24, 2.45) is 0 Å². The van der Waals surface area contributed by atoms with E-state index in [2.05, 4.69) is 31.3 Å². The molecule has 0 unspecified atom stereocenters. The summed E-state index contributed by atoms with van der Waals surface area (Å²) < 4.78 is 2.06. The van der Waals surface area contributed by atoms with Crippen LogP contribution in [0.15, 0.2) is 67.3 Å². The number of aryl methyl sites for hydroxylation is 1. The Hall–Kier alpha value is -4.27. The van der Waals surface area contributed by atoms with Gasteiger partial charge < -0.3 is 19.3 Å². The number of benzene rings is 2. The van der Waals surface area contributed by atoms with Crippen LogP contribution in [0.3, 0.4) is 0 Å². The molecule has 0 saturated carbocycles. The van der Waals surface area contributed by atoms with Gasteiger partial charge in [0.15, 0.2) is 0 Å². The molecule has 1 aliphatic heterocycles. The predicted octanol–water partition coefficient (Wildman–Crippen LogP) is 3.75. The maximum absolute atomic E-state index is 13.9. The molecule has 9 nitrogen and oxygen atoms in total. The van der Waals surface area contributed by atoms with Crippen LogP contribution < -0.4 is 9.80 Å². The quantitative estimate of drug-likeness (QED) is 0.428. The number of para-hydroxylation sites is 1. The number of hydrogen-bond acceptors (Lipinski definition) is 6. The highest BCUT2D eigenvalue weighted by Crippen LogP contribution is 2.25. The number of carbonyl (C=O) groups excluding carboxylic acids is 2. The van der Waals surface area contributed by atoms with Gasteiger partial charge in [0.25, 0.3) is 5.91 Å². The molecule has 2 aromatic heterocycles. The van der Waals surface area contributed by atoms with Crippen molar-refractivity contribution in [1.29, 1.82) is 0 Å². The average Bonchev–Trinajstić information content (AvgIpc) is 3.33. The Morgan fingerprint density at radius 3 is 2.51 bits per heavy atom. The normalized spacial score (nSPS) is 14.8. The third-order valence-electron chi connectivity index (χ3n) is 6.80. The van der Waals surface area contributed by atoms with Crippen LogP contribution in [-0.4, -0.2) is 62.4 Å². The van der Waals surface area contributed by atoms with E-state index in [0.29, 0.717) is 44.2 Å². The smallest absolute Gasteiger partial charge is 0.254 e. The fraction of sp³-hybridized carbons (Fsp3) is 0.321. The van der Waals surface area contributed by atoms with E-state index < -0.39 is 0 Å². The molecule has 0 N–H and O–H groups in total. The van der Waals surface area contributed by atoms with Gasteiger partial charge in [-0.25, -0.2) is 15.0 Å². The van der Waals surface area contributed by atoms with Crippen molar-refractivity contribution in [3.63, 3.8) is 0 Å². The first-order valence-corrected chi connectivity index (χ1v) is 12.7. The summed E-state index contributed by atoms with van der Waals surface area (Å²) in [6, 6.07) is 15.3. The van der Waals surface area contributed by atoms with Gasteiger partial charge in [0.1, 0.15) is 0 Å². The van der Waals surface area contributed by atoms with Crippen molar-refractivity contribution in [1.82, 2.24) is 24.4 Å². The van der Waals surface area contributed by atoms with E-state index in [4.69, 9.17) is 0 Å². The lowest BCUT2D eigenvalue weighted by atomic mass is 10.1. The number of hydrogen-bond donors (Lipinski definition) is 0. The highest BCUT2D eigenvalue weighted by molar-refractivity contribution is 5.98. The van der Waals surface area contributed by atoms with Gasteiger partial charge in [-0.2, -0.15) is 0 Å². The number of imidazole rings is 1. The Kier molecular flexibility index (Phi) is 7.11. The van der Waals surface area contributed by atoms with Crippen LogP contribution in [-0.2, 0) is 17.9 Å². The van der Waals surface area contributed by atoms with Crippen LogP contribution in [0, 0.1) is 0 Å². The molecular formula is C28H31N7O2. The molecule has 0 saturated heterocycles. The Balaban J connectivity index is 1.52. The molecule has 2 amide bonds. The second kappa shape index (κ2) is 10.8. The molecule has 4 aromatic rings. The summed E-state index contributed by atoms with van der Waals surface area (Å²) in [6.45, 7) is 7.14. The van der Waals surface area contributed by atoms with Gasteiger partial charge in [-0.15, -0.1) is 0 Å². The summed E-state index contributed by atoms with van der Waals surface area (Å²) >= 11 is 0. The number of nitrogens with zero attached hydrogens (tertiary/aromatic N) is 7. The standard InChI is InChI=1S/C28H31N7O2/c1-3-32-20-31-24-18-22(10-11-26(24)32)27(37)34-17-16-33(28-29-12-6-13-30-28)14-7-15-35(21(2)36)25-9-5-4-8-23(25)19-34/h4-6,8-13,18,20H,3,7,14-17,19H2,1-2H3. The lowest BCUT2D eigenvalue weighted by Gasteiger charge is -2.28. The van der Waals surface area contributed by atoms with Crippen molar-refractivity contribution < 1.29 is 9.59 Å². The van der Waals surface area contributed by atoms with Gasteiger partial charge >= 0.3 is 0 Å². The molecule has 0 bridgehead atoms. The van der Waals surface area contributed by atoms with Gasteiger partial charge in [-0.05, 0) is 49.2 Å². The van der Waals surface area contributed by atoms with Crippen LogP contribution in [0.2, 0.25) is 0 Å². The number of anilines is 2. The Morgan fingerprint density at radius 2 is 1.73 bits per heavy atom. The molecule has 5 rings (SSSR count). The molecule has 3 heterocycles. The van der Waals surface area contributed by atoms with Crippen molar-refractivity contribution >= 4 is 34.5 Å². The first-order chi connectivity index (χ1) is 18.0. The lowest BCUT2D eigenvalue weighted by molar-refractivity contribution is -0.116. The molecular weight excluding hydrogens is 466 g/mol. The fourth-order valence-corrected chi connectivity index (χ4v) is 4.87. The molecule has 9 heteroatoms. The second-order valence-electron chi connectivity index (χ2n) is 9.15. The van der Waals surface area contributed by atoms with Crippen LogP contribution in [0.5, 0.6) is 0 Å². The predicted molar refractivity (Wildman–Crippen MR) is 143 cm³/mol. The maximum atomic E-state index is 13.9. The molecule has 0 atom stereocenters. The minimum atomic E-state index is -0.0784. The van der Waals surface area contributed by atoms with Crippen molar-refractivity contribution in [2.75, 3.05) is 36.0 Å². The Morgan fingerprint density at radius 1 is 0.919 bits per heavy atom. The van der Waals surface area contributed by atoms with Crippen molar-refractivity contribution in [2.45, 2.75) is 33.4 Å². The molecule has 0 spiro atoms. The van der Waals surface area contributed by atoms with E-state index in [9.17, 15) is 9.59 Å². The zero-order valence-electron chi connectivity index (χ0n) is 21.2. The monoisotopic (exact) mass is 497 g/mol. The summed E-state index contributed by atoms with van der Waals surface area (Å²) in [6.07, 6.45) is 5.99. The molecule has 0 fully saturated rings. The molecule has 190 valence electrons. The highest BCUT2D eigenvalue weighted by Gasteiger charge is 2.24. The van der Waals surface area contributed by atoms with E-state index in [1.54, 1.807) is 36.6 Å². The first kappa shape index (κ1) is 24.4. The zero-order chi connectivity index (χ0) is 25.8. The van der Waals surface area contributed by atoms with E-state index in [1.165, 1.54) is 0 Å². The van der Waals surface area contributed by atoms with Gasteiger partial charge in [0, 0.05) is 69.8 Å². The van der Waals surface area contributed by atoms with Gasteiger partial charge in [0.2, 0.25) is 11.9 Å². The fourth-order valence-electron chi connectivity index (χ4n) is 4.87. The van der Waals surface area contributed by atoms with Gasteiger partial charge in [-0.1, -0.05) is 18.2 Å². The number of fused-ring (bicyclic) bond motifs is 2. The topological polar surface area (TPSA) is 87.5 Å². The van der Waals surface area contributed by atoms with E-state index in [0.717, 1.165) is 35.2 Å². The van der Waals surface area contributed by atoms with Crippen molar-refractivity contribution in [3.8, 4) is 0 Å². The van der Waals surface area contributed by atoms with Crippen LogP contribution in [0.4, 0.5) is 11.6 Å². The van der Waals surface area contributed by atoms with Crippen LogP contribution in [0.1, 0.15) is 36.2 Å². The lowest BCUT2D eigenvalue weighted by Crippen LogP contribution is -2.39. The molecule has 37 heavy (non-hydrogen) atoms. The minimum absolute atomic E-state index is 0.0240. The second-order valence-corrected chi connectivity index (χ2v) is 9.15. The molecule has 2 aromatic carbocycles. The summed E-state index contributed by atoms with van der Waals surface area (Å²) in [4.78, 5) is 45.6. The average molecular weight is 498 g/mol. The third kappa shape index (κ3) is 5.16. The Bertz CT molecular complexity index is 1400.